The minimum atomic E-state index is 0.178. The summed E-state index contributed by atoms with van der Waals surface area (Å²) in [5.74, 6) is 2.17. The van der Waals surface area contributed by atoms with Crippen LogP contribution in [0.25, 0.3) is 22.2 Å². The monoisotopic (exact) mass is 447 g/mol. The third kappa shape index (κ3) is 4.08. The maximum Gasteiger partial charge on any atom is 0.146 e. The van der Waals surface area contributed by atoms with E-state index < -0.39 is 0 Å². The van der Waals surface area contributed by atoms with Crippen LogP contribution in [0, 0.1) is 5.92 Å². The Labute approximate surface area is 194 Å². The molecule has 1 aliphatic carbocycles. The molecular formula is C26H33N5O2. The highest BCUT2D eigenvalue weighted by atomic mass is 16.5. The molecule has 174 valence electrons. The third-order valence-corrected chi connectivity index (χ3v) is 7.61. The van der Waals surface area contributed by atoms with Gasteiger partial charge in [0.1, 0.15) is 30.1 Å². The molecule has 2 unspecified atom stereocenters. The SMILES string of the molecule is CC1CCC(COc2cccc(-c3cn(C4CC(CN5CCC5)C4)c4ncnc(N)c34)c2)O1. The molecule has 6 rings (SSSR count). The minimum Gasteiger partial charge on any atom is -0.491 e. The van der Waals surface area contributed by atoms with Crippen molar-refractivity contribution < 1.29 is 9.47 Å². The number of ether oxygens (including phenoxy) is 2. The Morgan fingerprint density at radius 2 is 2.06 bits per heavy atom. The predicted octanol–water partition coefficient (Wildman–Crippen LogP) is 4.28. The summed E-state index contributed by atoms with van der Waals surface area (Å²) in [7, 11) is 0. The number of benzene rings is 1. The van der Waals surface area contributed by atoms with Crippen LogP contribution in [-0.2, 0) is 4.74 Å². The zero-order valence-electron chi connectivity index (χ0n) is 19.3. The van der Waals surface area contributed by atoms with Crippen LogP contribution in [0.5, 0.6) is 5.75 Å². The number of anilines is 1. The molecule has 2 saturated heterocycles. The fraction of sp³-hybridized carbons (Fsp3) is 0.538. The lowest BCUT2D eigenvalue weighted by molar-refractivity contribution is 0.0265. The van der Waals surface area contributed by atoms with E-state index in [4.69, 9.17) is 15.2 Å². The van der Waals surface area contributed by atoms with Crippen LogP contribution >= 0.6 is 0 Å². The summed E-state index contributed by atoms with van der Waals surface area (Å²) in [6.45, 7) is 6.49. The van der Waals surface area contributed by atoms with Crippen molar-refractivity contribution in [3.05, 3.63) is 36.8 Å². The molecule has 3 aromatic rings. The zero-order valence-corrected chi connectivity index (χ0v) is 19.3. The summed E-state index contributed by atoms with van der Waals surface area (Å²) in [6, 6.07) is 8.73. The van der Waals surface area contributed by atoms with Gasteiger partial charge >= 0.3 is 0 Å². The highest BCUT2D eigenvalue weighted by Gasteiger charge is 2.34. The number of nitrogens with two attached hydrogens (primary N) is 1. The second kappa shape index (κ2) is 8.61. The molecule has 3 aliphatic rings. The van der Waals surface area contributed by atoms with E-state index in [0.29, 0.717) is 24.6 Å². The van der Waals surface area contributed by atoms with Crippen molar-refractivity contribution in [2.75, 3.05) is 32.0 Å². The second-order valence-corrected chi connectivity index (χ2v) is 10.0. The van der Waals surface area contributed by atoms with Crippen LogP contribution in [0.15, 0.2) is 36.8 Å². The molecule has 2 aliphatic heterocycles. The van der Waals surface area contributed by atoms with Crippen molar-refractivity contribution in [3.63, 3.8) is 0 Å². The van der Waals surface area contributed by atoms with Gasteiger partial charge in [-0.2, -0.15) is 0 Å². The molecule has 1 aromatic carbocycles. The Morgan fingerprint density at radius 3 is 2.82 bits per heavy atom. The summed E-state index contributed by atoms with van der Waals surface area (Å²) < 4.78 is 14.3. The Morgan fingerprint density at radius 1 is 1.18 bits per heavy atom. The summed E-state index contributed by atoms with van der Waals surface area (Å²) in [6.07, 6.45) is 10.2. The normalized spacial score (nSPS) is 27.4. The van der Waals surface area contributed by atoms with Gasteiger partial charge in [-0.05, 0) is 75.7 Å². The molecule has 3 fully saturated rings. The van der Waals surface area contributed by atoms with Gasteiger partial charge in [0.15, 0.2) is 0 Å². The molecule has 7 nitrogen and oxygen atoms in total. The maximum absolute atomic E-state index is 6.36. The largest absolute Gasteiger partial charge is 0.491 e. The molecular weight excluding hydrogens is 414 g/mol. The van der Waals surface area contributed by atoms with Crippen LogP contribution in [0.3, 0.4) is 0 Å². The molecule has 2 atom stereocenters. The first-order valence-electron chi connectivity index (χ1n) is 12.4. The van der Waals surface area contributed by atoms with Gasteiger partial charge < -0.3 is 24.7 Å². The molecule has 0 bridgehead atoms. The molecule has 0 radical (unpaired) electrons. The summed E-state index contributed by atoms with van der Waals surface area (Å²) >= 11 is 0. The predicted molar refractivity (Wildman–Crippen MR) is 129 cm³/mol. The van der Waals surface area contributed by atoms with Gasteiger partial charge in [0.25, 0.3) is 0 Å². The van der Waals surface area contributed by atoms with Crippen LogP contribution in [0.1, 0.15) is 45.1 Å². The van der Waals surface area contributed by atoms with E-state index in [-0.39, 0.29) is 6.10 Å². The summed E-state index contributed by atoms with van der Waals surface area (Å²) in [5, 5.41) is 0.939. The highest BCUT2D eigenvalue weighted by molar-refractivity contribution is 6.00. The van der Waals surface area contributed by atoms with Gasteiger partial charge in [-0.25, -0.2) is 9.97 Å². The van der Waals surface area contributed by atoms with E-state index in [1.807, 2.05) is 12.1 Å². The number of likely N-dealkylation sites (tertiary alicyclic amines) is 1. The average molecular weight is 448 g/mol. The number of hydrogen-bond acceptors (Lipinski definition) is 6. The second-order valence-electron chi connectivity index (χ2n) is 10.0. The van der Waals surface area contributed by atoms with Gasteiger partial charge in [0.05, 0.1) is 17.6 Å². The molecule has 0 amide bonds. The first-order valence-corrected chi connectivity index (χ1v) is 12.4. The fourth-order valence-electron chi connectivity index (χ4n) is 5.56. The summed E-state index contributed by atoms with van der Waals surface area (Å²) in [4.78, 5) is 11.5. The number of fused-ring (bicyclic) bond motifs is 1. The average Bonchev–Trinajstić information content (AvgIpc) is 3.35. The lowest BCUT2D eigenvalue weighted by Gasteiger charge is -2.42. The Balaban J connectivity index is 1.24. The molecule has 33 heavy (non-hydrogen) atoms. The lowest BCUT2D eigenvalue weighted by atomic mass is 9.79. The zero-order chi connectivity index (χ0) is 22.4. The molecule has 2 N–H and O–H groups in total. The van der Waals surface area contributed by atoms with Crippen LogP contribution < -0.4 is 10.5 Å². The van der Waals surface area contributed by atoms with Crippen molar-refractivity contribution in [1.29, 1.82) is 0 Å². The van der Waals surface area contributed by atoms with Gasteiger partial charge in [-0.15, -0.1) is 0 Å². The summed E-state index contributed by atoms with van der Waals surface area (Å²) in [5.41, 5.74) is 9.45. The number of aromatic nitrogens is 3. The smallest absolute Gasteiger partial charge is 0.146 e. The van der Waals surface area contributed by atoms with Crippen molar-refractivity contribution in [3.8, 4) is 16.9 Å². The molecule has 0 spiro atoms. The minimum absolute atomic E-state index is 0.178. The first-order chi connectivity index (χ1) is 16.1. The van der Waals surface area contributed by atoms with Crippen molar-refractivity contribution in [2.24, 2.45) is 5.92 Å². The van der Waals surface area contributed by atoms with E-state index in [2.05, 4.69) is 44.7 Å². The number of nitrogen functional groups attached to an aromatic ring is 1. The molecule has 4 heterocycles. The van der Waals surface area contributed by atoms with Gasteiger partial charge in [-0.1, -0.05) is 12.1 Å². The maximum atomic E-state index is 6.36. The van der Waals surface area contributed by atoms with E-state index in [1.54, 1.807) is 6.33 Å². The highest BCUT2D eigenvalue weighted by Crippen LogP contribution is 2.43. The Kier molecular flexibility index (Phi) is 5.46. The topological polar surface area (TPSA) is 78.4 Å². The number of nitrogens with zero attached hydrogens (tertiary/aromatic N) is 4. The van der Waals surface area contributed by atoms with Crippen molar-refractivity contribution >= 4 is 16.9 Å². The lowest BCUT2D eigenvalue weighted by Crippen LogP contribution is -2.43. The van der Waals surface area contributed by atoms with Gasteiger partial charge in [-0.3, -0.25) is 0 Å². The van der Waals surface area contributed by atoms with Crippen molar-refractivity contribution in [2.45, 2.75) is 57.3 Å². The molecule has 7 heteroatoms. The van der Waals surface area contributed by atoms with Gasteiger partial charge in [0, 0.05) is 24.3 Å². The van der Waals surface area contributed by atoms with E-state index in [0.717, 1.165) is 46.7 Å². The quantitative estimate of drug-likeness (QED) is 0.582. The molecule has 1 saturated carbocycles. The van der Waals surface area contributed by atoms with Crippen LogP contribution in [0.4, 0.5) is 5.82 Å². The Hall–Kier alpha value is -2.64. The first kappa shape index (κ1) is 20.9. The standard InChI is InChI=1S/C26H33N5O2/c1-17-6-7-22(33-17)15-32-21-5-2-4-19(12-21)23-14-31(26-24(23)25(27)28-16-29-26)20-10-18(11-20)13-30-8-3-9-30/h2,4-5,12,14,16-18,20,22H,3,6-11,13,15H2,1H3,(H2,27,28,29). The number of rotatable bonds is 7. The van der Waals surface area contributed by atoms with Crippen LogP contribution in [0.2, 0.25) is 0 Å². The van der Waals surface area contributed by atoms with E-state index >= 15 is 0 Å². The fourth-order valence-corrected chi connectivity index (χ4v) is 5.56. The number of hydrogen-bond donors (Lipinski definition) is 1. The van der Waals surface area contributed by atoms with E-state index in [9.17, 15) is 0 Å². The van der Waals surface area contributed by atoms with Crippen molar-refractivity contribution in [1.82, 2.24) is 19.4 Å². The Bertz CT molecular complexity index is 1130. The van der Waals surface area contributed by atoms with Gasteiger partial charge in [0.2, 0.25) is 0 Å². The molecule has 2 aromatic heterocycles. The third-order valence-electron chi connectivity index (χ3n) is 7.61. The van der Waals surface area contributed by atoms with E-state index in [1.165, 1.54) is 38.9 Å². The van der Waals surface area contributed by atoms with Crippen LogP contribution in [-0.4, -0.2) is 57.9 Å².